The third-order valence-electron chi connectivity index (χ3n) is 4.35. The second-order valence-corrected chi connectivity index (χ2v) is 6.49. The van der Waals surface area contributed by atoms with Crippen molar-refractivity contribution >= 4 is 11.8 Å². The lowest BCUT2D eigenvalue weighted by molar-refractivity contribution is -0.148. The molecule has 0 spiro atoms. The van der Waals surface area contributed by atoms with E-state index in [-0.39, 0.29) is 29.6 Å². The highest BCUT2D eigenvalue weighted by atomic mass is 16.5. The van der Waals surface area contributed by atoms with Gasteiger partial charge in [0.1, 0.15) is 17.4 Å². The minimum Gasteiger partial charge on any atom is -0.511 e. The number of ketones is 1. The molecule has 1 aliphatic heterocycles. The number of aliphatic hydroxyl groups is 1. The molecule has 132 valence electrons. The van der Waals surface area contributed by atoms with E-state index in [1.807, 2.05) is 6.92 Å². The molecule has 1 N–H and O–H groups in total. The topological polar surface area (TPSA) is 63.6 Å². The van der Waals surface area contributed by atoms with Gasteiger partial charge >= 0.3 is 5.97 Å². The van der Waals surface area contributed by atoms with Crippen molar-refractivity contribution in [3.05, 3.63) is 11.3 Å². The SMILES string of the molecule is CCCCCCCCCC1CC(O)=C(C(=O)CCCC)C(=O)O1. The molecule has 0 saturated heterocycles. The van der Waals surface area contributed by atoms with Crippen molar-refractivity contribution in [3.63, 3.8) is 0 Å². The third kappa shape index (κ3) is 7.19. The van der Waals surface area contributed by atoms with Gasteiger partial charge in [-0.15, -0.1) is 0 Å². The number of esters is 1. The summed E-state index contributed by atoms with van der Waals surface area (Å²) in [5.74, 6) is -0.998. The van der Waals surface area contributed by atoms with Gasteiger partial charge in [-0.2, -0.15) is 0 Å². The molecule has 1 atom stereocenters. The predicted octanol–water partition coefficient (Wildman–Crippen LogP) is 5.01. The van der Waals surface area contributed by atoms with Crippen molar-refractivity contribution in [2.24, 2.45) is 0 Å². The van der Waals surface area contributed by atoms with E-state index >= 15 is 0 Å². The molecular formula is C19H32O4. The maximum atomic E-state index is 12.0. The van der Waals surface area contributed by atoms with Gasteiger partial charge in [-0.05, 0) is 19.3 Å². The zero-order chi connectivity index (χ0) is 17.1. The molecule has 1 aliphatic rings. The highest BCUT2D eigenvalue weighted by Gasteiger charge is 2.32. The lowest BCUT2D eigenvalue weighted by Crippen LogP contribution is -2.30. The maximum absolute atomic E-state index is 12.0. The molecule has 0 fully saturated rings. The Balaban J connectivity index is 2.33. The first-order chi connectivity index (χ1) is 11.1. The second kappa shape index (κ2) is 11.3. The maximum Gasteiger partial charge on any atom is 0.345 e. The molecule has 4 heteroatoms. The Kier molecular flexibility index (Phi) is 9.65. The fraction of sp³-hybridized carbons (Fsp3) is 0.789. The summed E-state index contributed by atoms with van der Waals surface area (Å²) in [5.41, 5.74) is -0.116. The first kappa shape index (κ1) is 19.7. The van der Waals surface area contributed by atoms with Crippen LogP contribution in [0.2, 0.25) is 0 Å². The Morgan fingerprint density at radius 2 is 1.65 bits per heavy atom. The van der Waals surface area contributed by atoms with Crippen molar-refractivity contribution in [1.82, 2.24) is 0 Å². The van der Waals surface area contributed by atoms with Crippen LogP contribution in [0.1, 0.15) is 90.9 Å². The highest BCUT2D eigenvalue weighted by Crippen LogP contribution is 2.25. The summed E-state index contributed by atoms with van der Waals surface area (Å²) in [6.07, 6.45) is 11.1. The van der Waals surface area contributed by atoms with Gasteiger partial charge in [-0.3, -0.25) is 4.79 Å². The number of hydrogen-bond acceptors (Lipinski definition) is 4. The number of hydrogen-bond donors (Lipinski definition) is 1. The Morgan fingerprint density at radius 3 is 2.26 bits per heavy atom. The standard InChI is InChI=1S/C19H32O4/c1-3-5-7-8-9-10-11-12-15-14-17(21)18(19(22)23-15)16(20)13-6-4-2/h15,21H,3-14H2,1-2H3. The molecule has 0 amide bonds. The molecule has 0 aromatic carbocycles. The molecule has 23 heavy (non-hydrogen) atoms. The van der Waals surface area contributed by atoms with E-state index in [0.29, 0.717) is 6.42 Å². The van der Waals surface area contributed by atoms with E-state index < -0.39 is 5.97 Å². The average Bonchev–Trinajstić information content (AvgIpc) is 2.51. The minimum atomic E-state index is -0.636. The van der Waals surface area contributed by atoms with E-state index in [9.17, 15) is 14.7 Å². The van der Waals surface area contributed by atoms with Gasteiger partial charge in [0.2, 0.25) is 0 Å². The summed E-state index contributed by atoms with van der Waals surface area (Å²) in [5, 5.41) is 10.0. The van der Waals surface area contributed by atoms with Crippen molar-refractivity contribution in [2.45, 2.75) is 97.0 Å². The lowest BCUT2D eigenvalue weighted by atomic mass is 9.97. The molecule has 0 radical (unpaired) electrons. The molecule has 4 nitrogen and oxygen atoms in total. The van der Waals surface area contributed by atoms with Crippen LogP contribution in [-0.4, -0.2) is 23.0 Å². The monoisotopic (exact) mass is 324 g/mol. The van der Waals surface area contributed by atoms with Crippen molar-refractivity contribution in [1.29, 1.82) is 0 Å². The molecule has 0 aromatic rings. The van der Waals surface area contributed by atoms with Crippen LogP contribution in [0, 0.1) is 0 Å². The molecule has 1 heterocycles. The zero-order valence-electron chi connectivity index (χ0n) is 14.7. The Labute approximate surface area is 140 Å². The molecule has 0 saturated carbocycles. The van der Waals surface area contributed by atoms with Gasteiger partial charge < -0.3 is 9.84 Å². The quantitative estimate of drug-likeness (QED) is 0.311. The zero-order valence-corrected chi connectivity index (χ0v) is 14.7. The lowest BCUT2D eigenvalue weighted by Gasteiger charge is -2.24. The van der Waals surface area contributed by atoms with Gasteiger partial charge in [0.15, 0.2) is 5.78 Å². The summed E-state index contributed by atoms with van der Waals surface area (Å²) >= 11 is 0. The summed E-state index contributed by atoms with van der Waals surface area (Å²) < 4.78 is 5.34. The number of Topliss-reactive ketones (excluding diaryl/α,β-unsaturated/α-hetero) is 1. The van der Waals surface area contributed by atoms with Crippen LogP contribution in [0.4, 0.5) is 0 Å². The van der Waals surface area contributed by atoms with E-state index in [0.717, 1.165) is 32.1 Å². The van der Waals surface area contributed by atoms with Crippen molar-refractivity contribution < 1.29 is 19.4 Å². The van der Waals surface area contributed by atoms with E-state index in [1.54, 1.807) is 0 Å². The van der Waals surface area contributed by atoms with Crippen LogP contribution in [0.5, 0.6) is 0 Å². The molecule has 0 aliphatic carbocycles. The van der Waals surface area contributed by atoms with Crippen LogP contribution in [0.3, 0.4) is 0 Å². The minimum absolute atomic E-state index is 0.0738. The van der Waals surface area contributed by atoms with Gasteiger partial charge in [0.25, 0.3) is 0 Å². The van der Waals surface area contributed by atoms with Crippen LogP contribution >= 0.6 is 0 Å². The number of unbranched alkanes of at least 4 members (excludes halogenated alkanes) is 7. The number of rotatable bonds is 12. The van der Waals surface area contributed by atoms with Gasteiger partial charge in [-0.1, -0.05) is 58.8 Å². The summed E-state index contributed by atoms with van der Waals surface area (Å²) in [4.78, 5) is 23.9. The number of carbonyl (C=O) groups is 2. The normalized spacial score (nSPS) is 18.2. The van der Waals surface area contributed by atoms with Crippen LogP contribution in [-0.2, 0) is 14.3 Å². The Bertz CT molecular complexity index is 412. The van der Waals surface area contributed by atoms with Crippen LogP contribution in [0.15, 0.2) is 11.3 Å². The first-order valence-corrected chi connectivity index (χ1v) is 9.26. The number of ether oxygens (including phenoxy) is 1. The first-order valence-electron chi connectivity index (χ1n) is 9.26. The third-order valence-corrected chi connectivity index (χ3v) is 4.35. The fourth-order valence-corrected chi connectivity index (χ4v) is 2.91. The molecule has 1 unspecified atom stereocenters. The van der Waals surface area contributed by atoms with E-state index in [1.165, 1.54) is 32.1 Å². The van der Waals surface area contributed by atoms with Gasteiger partial charge in [-0.25, -0.2) is 4.79 Å². The van der Waals surface area contributed by atoms with Gasteiger partial charge in [0.05, 0.1) is 0 Å². The Morgan fingerprint density at radius 1 is 1.04 bits per heavy atom. The predicted molar refractivity (Wildman–Crippen MR) is 91.3 cm³/mol. The van der Waals surface area contributed by atoms with Crippen molar-refractivity contribution in [3.8, 4) is 0 Å². The summed E-state index contributed by atoms with van der Waals surface area (Å²) in [7, 11) is 0. The molecular weight excluding hydrogens is 292 g/mol. The molecule has 0 bridgehead atoms. The summed E-state index contributed by atoms with van der Waals surface area (Å²) in [6, 6.07) is 0. The second-order valence-electron chi connectivity index (χ2n) is 6.49. The van der Waals surface area contributed by atoms with Crippen LogP contribution < -0.4 is 0 Å². The Hall–Kier alpha value is -1.32. The smallest absolute Gasteiger partial charge is 0.345 e. The molecule has 0 aromatic heterocycles. The van der Waals surface area contributed by atoms with E-state index in [2.05, 4.69) is 6.92 Å². The summed E-state index contributed by atoms with van der Waals surface area (Å²) in [6.45, 7) is 4.19. The number of aliphatic hydroxyl groups excluding tert-OH is 1. The van der Waals surface area contributed by atoms with Crippen LogP contribution in [0.25, 0.3) is 0 Å². The van der Waals surface area contributed by atoms with Gasteiger partial charge in [0, 0.05) is 12.8 Å². The average molecular weight is 324 g/mol. The highest BCUT2D eigenvalue weighted by molar-refractivity contribution is 6.18. The van der Waals surface area contributed by atoms with Crippen molar-refractivity contribution in [2.75, 3.05) is 0 Å². The number of cyclic esters (lactones) is 1. The van der Waals surface area contributed by atoms with E-state index in [4.69, 9.17) is 4.74 Å². The largest absolute Gasteiger partial charge is 0.511 e. The molecule has 1 rings (SSSR count). The fourth-order valence-electron chi connectivity index (χ4n) is 2.91. The number of carbonyl (C=O) groups excluding carboxylic acids is 2.